The lowest BCUT2D eigenvalue weighted by atomic mass is 10.1. The van der Waals surface area contributed by atoms with E-state index in [1.807, 2.05) is 20.1 Å². The second-order valence-electron chi connectivity index (χ2n) is 4.60. The third-order valence-corrected chi connectivity index (χ3v) is 3.33. The number of carboxylic acids is 1. The molecule has 3 N–H and O–H groups in total. The van der Waals surface area contributed by atoms with Crippen LogP contribution in [0.1, 0.15) is 20.3 Å². The Morgan fingerprint density at radius 1 is 1.32 bits per heavy atom. The summed E-state index contributed by atoms with van der Waals surface area (Å²) in [5.74, 6) is -0.125. The van der Waals surface area contributed by atoms with E-state index in [9.17, 15) is 9.59 Å². The SMILES string of the molecule is COCC(NC(=O)NC(CCSC)C(=O)O)C(C)C. The zero-order chi connectivity index (χ0) is 14.8. The summed E-state index contributed by atoms with van der Waals surface area (Å²) in [5.41, 5.74) is 0. The van der Waals surface area contributed by atoms with Crippen molar-refractivity contribution in [1.29, 1.82) is 0 Å². The Morgan fingerprint density at radius 3 is 2.37 bits per heavy atom. The summed E-state index contributed by atoms with van der Waals surface area (Å²) in [6.45, 7) is 4.33. The number of amides is 2. The van der Waals surface area contributed by atoms with E-state index in [-0.39, 0.29) is 12.0 Å². The van der Waals surface area contributed by atoms with E-state index >= 15 is 0 Å². The fourth-order valence-corrected chi connectivity index (χ4v) is 1.91. The van der Waals surface area contributed by atoms with E-state index in [1.165, 1.54) is 0 Å². The quantitative estimate of drug-likeness (QED) is 0.593. The standard InChI is InChI=1S/C12H24N2O4S/c1-8(2)10(7-18-3)14-12(17)13-9(11(15)16)5-6-19-4/h8-10H,5-7H2,1-4H3,(H,15,16)(H2,13,14,17). The highest BCUT2D eigenvalue weighted by Crippen LogP contribution is 2.03. The van der Waals surface area contributed by atoms with Gasteiger partial charge in [-0.25, -0.2) is 9.59 Å². The minimum Gasteiger partial charge on any atom is -0.480 e. The number of carboxylic acid groups (broad SMARTS) is 1. The lowest BCUT2D eigenvalue weighted by Gasteiger charge is -2.23. The largest absolute Gasteiger partial charge is 0.480 e. The number of hydrogen-bond donors (Lipinski definition) is 3. The van der Waals surface area contributed by atoms with Gasteiger partial charge >= 0.3 is 12.0 Å². The monoisotopic (exact) mass is 292 g/mol. The molecule has 0 aromatic heterocycles. The normalized spacial score (nSPS) is 13.9. The van der Waals surface area contributed by atoms with Gasteiger partial charge in [-0.1, -0.05) is 13.8 Å². The first-order valence-corrected chi connectivity index (χ1v) is 7.59. The molecule has 0 saturated carbocycles. The number of ether oxygens (including phenoxy) is 1. The van der Waals surface area contributed by atoms with Crippen LogP contribution in [0.4, 0.5) is 4.79 Å². The van der Waals surface area contributed by atoms with Crippen LogP contribution in [-0.4, -0.2) is 54.9 Å². The van der Waals surface area contributed by atoms with Crippen LogP contribution in [0.3, 0.4) is 0 Å². The average molecular weight is 292 g/mol. The van der Waals surface area contributed by atoms with Gasteiger partial charge in [-0.2, -0.15) is 11.8 Å². The summed E-state index contributed by atoms with van der Waals surface area (Å²) < 4.78 is 5.02. The molecule has 2 atom stereocenters. The third kappa shape index (κ3) is 7.94. The second-order valence-corrected chi connectivity index (χ2v) is 5.58. The van der Waals surface area contributed by atoms with Crippen molar-refractivity contribution in [2.24, 2.45) is 5.92 Å². The van der Waals surface area contributed by atoms with Crippen molar-refractivity contribution < 1.29 is 19.4 Å². The number of methoxy groups -OCH3 is 1. The van der Waals surface area contributed by atoms with Gasteiger partial charge in [-0.15, -0.1) is 0 Å². The van der Waals surface area contributed by atoms with Crippen LogP contribution in [-0.2, 0) is 9.53 Å². The highest BCUT2D eigenvalue weighted by atomic mass is 32.2. The van der Waals surface area contributed by atoms with Crippen molar-refractivity contribution in [3.05, 3.63) is 0 Å². The number of carbonyl (C=O) groups excluding carboxylic acids is 1. The van der Waals surface area contributed by atoms with Crippen molar-refractivity contribution in [2.75, 3.05) is 25.7 Å². The Labute approximate surface area is 118 Å². The molecule has 2 amide bonds. The molecule has 2 unspecified atom stereocenters. The minimum atomic E-state index is -1.02. The third-order valence-electron chi connectivity index (χ3n) is 2.68. The number of thioether (sulfide) groups is 1. The van der Waals surface area contributed by atoms with E-state index < -0.39 is 18.0 Å². The Bertz CT molecular complexity index is 287. The molecule has 0 heterocycles. The molecule has 0 aliphatic carbocycles. The minimum absolute atomic E-state index is 0.139. The van der Waals surface area contributed by atoms with Crippen molar-refractivity contribution >= 4 is 23.8 Å². The molecule has 0 aromatic rings. The van der Waals surface area contributed by atoms with Gasteiger partial charge in [-0.3, -0.25) is 0 Å². The summed E-state index contributed by atoms with van der Waals surface area (Å²) in [6, 6.07) is -1.47. The summed E-state index contributed by atoms with van der Waals surface area (Å²) in [4.78, 5) is 22.8. The molecule has 0 rings (SSSR count). The van der Waals surface area contributed by atoms with Crippen LogP contribution in [0, 0.1) is 5.92 Å². The van der Waals surface area contributed by atoms with E-state index in [4.69, 9.17) is 9.84 Å². The first-order valence-electron chi connectivity index (χ1n) is 6.20. The lowest BCUT2D eigenvalue weighted by molar-refractivity contribution is -0.139. The molecule has 0 aliphatic heterocycles. The van der Waals surface area contributed by atoms with Gasteiger partial charge in [0.05, 0.1) is 12.6 Å². The predicted molar refractivity (Wildman–Crippen MR) is 76.6 cm³/mol. The second kappa shape index (κ2) is 9.91. The van der Waals surface area contributed by atoms with E-state index in [2.05, 4.69) is 10.6 Å². The molecule has 0 fully saturated rings. The molecule has 0 aromatic carbocycles. The molecule has 0 saturated heterocycles. The van der Waals surface area contributed by atoms with Crippen LogP contribution in [0.5, 0.6) is 0 Å². The topological polar surface area (TPSA) is 87.7 Å². The highest BCUT2D eigenvalue weighted by molar-refractivity contribution is 7.98. The molecular formula is C12H24N2O4S. The van der Waals surface area contributed by atoms with Crippen molar-refractivity contribution in [3.8, 4) is 0 Å². The van der Waals surface area contributed by atoms with E-state index in [0.29, 0.717) is 18.8 Å². The Balaban J connectivity index is 4.34. The van der Waals surface area contributed by atoms with Crippen molar-refractivity contribution in [2.45, 2.75) is 32.4 Å². The van der Waals surface area contributed by atoms with Crippen LogP contribution in [0.2, 0.25) is 0 Å². The number of nitrogens with one attached hydrogen (secondary N) is 2. The van der Waals surface area contributed by atoms with E-state index in [0.717, 1.165) is 0 Å². The van der Waals surface area contributed by atoms with Gasteiger partial charge in [-0.05, 0) is 24.3 Å². The highest BCUT2D eigenvalue weighted by Gasteiger charge is 2.22. The Hall–Kier alpha value is -0.950. The lowest BCUT2D eigenvalue weighted by Crippen LogP contribution is -2.51. The van der Waals surface area contributed by atoms with Crippen LogP contribution < -0.4 is 10.6 Å². The maximum atomic E-state index is 11.8. The fraction of sp³-hybridized carbons (Fsp3) is 0.833. The molecule has 0 aliphatic rings. The summed E-state index contributed by atoms with van der Waals surface area (Å²) >= 11 is 1.55. The van der Waals surface area contributed by atoms with Crippen molar-refractivity contribution in [1.82, 2.24) is 10.6 Å². The van der Waals surface area contributed by atoms with Crippen LogP contribution >= 0.6 is 11.8 Å². The first-order chi connectivity index (χ1) is 8.92. The van der Waals surface area contributed by atoms with Gasteiger partial charge in [0.1, 0.15) is 6.04 Å². The van der Waals surface area contributed by atoms with Gasteiger partial charge in [0.25, 0.3) is 0 Å². The van der Waals surface area contributed by atoms with Crippen LogP contribution in [0.25, 0.3) is 0 Å². The predicted octanol–water partition coefficient (Wildman–Crippen LogP) is 1.16. The summed E-state index contributed by atoms with van der Waals surface area (Å²) in [7, 11) is 1.56. The number of aliphatic carboxylic acids is 1. The number of hydrogen-bond acceptors (Lipinski definition) is 4. The Kier molecular flexibility index (Phi) is 9.42. The molecule has 19 heavy (non-hydrogen) atoms. The van der Waals surface area contributed by atoms with E-state index in [1.54, 1.807) is 18.9 Å². The molecule has 112 valence electrons. The molecule has 7 heteroatoms. The smallest absolute Gasteiger partial charge is 0.326 e. The zero-order valence-electron chi connectivity index (χ0n) is 11.9. The summed E-state index contributed by atoms with van der Waals surface area (Å²) in [6.07, 6.45) is 2.30. The molecule has 0 bridgehead atoms. The Morgan fingerprint density at radius 2 is 1.95 bits per heavy atom. The first kappa shape index (κ1) is 18.0. The maximum absolute atomic E-state index is 11.8. The number of urea groups is 1. The molecule has 0 spiro atoms. The van der Waals surface area contributed by atoms with Gasteiger partial charge in [0.15, 0.2) is 0 Å². The number of carbonyl (C=O) groups is 2. The molecule has 0 radical (unpaired) electrons. The van der Waals surface area contributed by atoms with Gasteiger partial charge in [0, 0.05) is 7.11 Å². The number of rotatable bonds is 9. The van der Waals surface area contributed by atoms with Gasteiger partial charge in [0.2, 0.25) is 0 Å². The molecule has 6 nitrogen and oxygen atoms in total. The maximum Gasteiger partial charge on any atom is 0.326 e. The zero-order valence-corrected chi connectivity index (χ0v) is 12.8. The molecular weight excluding hydrogens is 268 g/mol. The average Bonchev–Trinajstić information content (AvgIpc) is 2.33. The summed E-state index contributed by atoms with van der Waals surface area (Å²) in [5, 5.41) is 14.2. The fourth-order valence-electron chi connectivity index (χ4n) is 1.44. The van der Waals surface area contributed by atoms with Crippen LogP contribution in [0.15, 0.2) is 0 Å². The van der Waals surface area contributed by atoms with Gasteiger partial charge < -0.3 is 20.5 Å². The van der Waals surface area contributed by atoms with Crippen molar-refractivity contribution in [3.63, 3.8) is 0 Å².